The van der Waals surface area contributed by atoms with Crippen molar-refractivity contribution in [3.63, 3.8) is 0 Å². The van der Waals surface area contributed by atoms with Crippen molar-refractivity contribution < 1.29 is 18.8 Å². The molecule has 32 heavy (non-hydrogen) atoms. The summed E-state index contributed by atoms with van der Waals surface area (Å²) in [4.78, 5) is 33.7. The van der Waals surface area contributed by atoms with E-state index in [4.69, 9.17) is 14.7 Å². The quantitative estimate of drug-likeness (QED) is 0.399. The van der Waals surface area contributed by atoms with E-state index in [2.05, 4.69) is 15.1 Å². The smallest absolute Gasteiger partial charge is 0.262 e. The van der Waals surface area contributed by atoms with Crippen LogP contribution in [0.15, 0.2) is 50.4 Å². The molecule has 5 rings (SSSR count). The van der Waals surface area contributed by atoms with Gasteiger partial charge in [-0.15, -0.1) is 11.3 Å². The Kier molecular flexibility index (Phi) is 4.83. The molecule has 0 aliphatic carbocycles. The van der Waals surface area contributed by atoms with Gasteiger partial charge in [0.2, 0.25) is 5.89 Å². The van der Waals surface area contributed by atoms with Crippen molar-refractivity contribution in [3.8, 4) is 0 Å². The van der Waals surface area contributed by atoms with Gasteiger partial charge >= 0.3 is 0 Å². The Hall–Kier alpha value is -3.83. The van der Waals surface area contributed by atoms with Gasteiger partial charge in [0.15, 0.2) is 5.82 Å². The number of aliphatic hydroxyl groups excluding tert-OH is 1. The van der Waals surface area contributed by atoms with Crippen LogP contribution in [0, 0.1) is 6.92 Å². The molecular weight excluding hydrogens is 434 g/mol. The van der Waals surface area contributed by atoms with Gasteiger partial charge in [0.05, 0.1) is 16.6 Å². The maximum absolute atomic E-state index is 12.9. The molecule has 11 heteroatoms. The SMILES string of the molecule is Cc1c(C(N)=O)sc2ncn(Cc3nc(C[C@H](O)c4cc5ccccc5o4)no3)c(=O)c12. The number of primary amides is 1. The molecule has 0 unspecified atom stereocenters. The van der Waals surface area contributed by atoms with Gasteiger partial charge in [-0.1, -0.05) is 23.4 Å². The van der Waals surface area contributed by atoms with Crippen molar-refractivity contribution in [2.24, 2.45) is 5.73 Å². The number of aryl methyl sites for hydroxylation is 1. The van der Waals surface area contributed by atoms with Crippen LogP contribution in [0.4, 0.5) is 0 Å². The molecular formula is C21H17N5O5S. The number of carbonyl (C=O) groups is 1. The van der Waals surface area contributed by atoms with Gasteiger partial charge in [0.1, 0.15) is 28.8 Å². The number of furan rings is 1. The van der Waals surface area contributed by atoms with Crippen LogP contribution >= 0.6 is 11.3 Å². The maximum atomic E-state index is 12.9. The van der Waals surface area contributed by atoms with Crippen molar-refractivity contribution in [1.82, 2.24) is 19.7 Å². The third-order valence-corrected chi connectivity index (χ3v) is 6.32. The first kappa shape index (κ1) is 20.1. The molecule has 4 aromatic heterocycles. The standard InChI is InChI=1S/C21H17N5O5S/c1-10-17-20(32-18(10)19(22)28)23-9-26(21(17)29)8-16-24-15(25-31-16)7-12(27)14-6-11-4-2-3-5-13(11)30-14/h2-6,9,12,27H,7-8H2,1H3,(H2,22,28)/t12-/m0/s1. The molecule has 162 valence electrons. The van der Waals surface area contributed by atoms with Gasteiger partial charge in [-0.05, 0) is 24.6 Å². The molecule has 10 nitrogen and oxygen atoms in total. The van der Waals surface area contributed by atoms with E-state index < -0.39 is 12.0 Å². The molecule has 4 heterocycles. The monoisotopic (exact) mass is 451 g/mol. The summed E-state index contributed by atoms with van der Waals surface area (Å²) < 4.78 is 12.2. The van der Waals surface area contributed by atoms with E-state index in [-0.39, 0.29) is 30.2 Å². The number of fused-ring (bicyclic) bond motifs is 2. The number of para-hydroxylation sites is 1. The van der Waals surface area contributed by atoms with Crippen LogP contribution in [0.25, 0.3) is 21.2 Å². The van der Waals surface area contributed by atoms with Crippen LogP contribution in [0.3, 0.4) is 0 Å². The second-order valence-corrected chi connectivity index (χ2v) is 8.29. The van der Waals surface area contributed by atoms with E-state index in [0.29, 0.717) is 32.0 Å². The summed E-state index contributed by atoms with van der Waals surface area (Å²) >= 11 is 1.08. The summed E-state index contributed by atoms with van der Waals surface area (Å²) in [6, 6.07) is 9.23. The van der Waals surface area contributed by atoms with Crippen LogP contribution in [0.5, 0.6) is 0 Å². The average molecular weight is 451 g/mol. The van der Waals surface area contributed by atoms with E-state index in [0.717, 1.165) is 16.7 Å². The summed E-state index contributed by atoms with van der Waals surface area (Å²) in [6.07, 6.45) is 0.494. The highest BCUT2D eigenvalue weighted by Gasteiger charge is 2.20. The molecule has 5 aromatic rings. The lowest BCUT2D eigenvalue weighted by molar-refractivity contribution is 0.100. The number of amides is 1. The summed E-state index contributed by atoms with van der Waals surface area (Å²) in [5.41, 5.74) is 6.22. The molecule has 0 saturated heterocycles. The molecule has 0 fully saturated rings. The lowest BCUT2D eigenvalue weighted by Crippen LogP contribution is -2.21. The Balaban J connectivity index is 1.36. The maximum Gasteiger partial charge on any atom is 0.262 e. The Labute approximate surface area is 183 Å². The summed E-state index contributed by atoms with van der Waals surface area (Å²) in [5.74, 6) is 0.267. The van der Waals surface area contributed by atoms with E-state index in [1.54, 1.807) is 13.0 Å². The fraction of sp³-hybridized carbons (Fsp3) is 0.190. The van der Waals surface area contributed by atoms with Crippen LogP contribution in [0.2, 0.25) is 0 Å². The number of benzene rings is 1. The molecule has 3 N–H and O–H groups in total. The van der Waals surface area contributed by atoms with E-state index in [9.17, 15) is 14.7 Å². The fourth-order valence-electron chi connectivity index (χ4n) is 3.53. The fourth-order valence-corrected chi connectivity index (χ4v) is 4.52. The summed E-state index contributed by atoms with van der Waals surface area (Å²) in [6.45, 7) is 1.66. The zero-order valence-corrected chi connectivity index (χ0v) is 17.6. The Morgan fingerprint density at radius 2 is 2.16 bits per heavy atom. The number of hydrogen-bond acceptors (Lipinski definition) is 9. The number of nitrogens with two attached hydrogens (primary N) is 1. The Morgan fingerprint density at radius 1 is 1.34 bits per heavy atom. The van der Waals surface area contributed by atoms with E-state index in [1.165, 1.54) is 10.9 Å². The molecule has 0 spiro atoms. The number of nitrogens with zero attached hydrogens (tertiary/aromatic N) is 4. The molecule has 1 atom stereocenters. The van der Waals surface area contributed by atoms with Crippen molar-refractivity contribution in [3.05, 3.63) is 74.9 Å². The third kappa shape index (κ3) is 3.47. The van der Waals surface area contributed by atoms with Crippen molar-refractivity contribution in [2.75, 3.05) is 0 Å². The van der Waals surface area contributed by atoms with Crippen molar-refractivity contribution >= 4 is 38.4 Å². The largest absolute Gasteiger partial charge is 0.458 e. The van der Waals surface area contributed by atoms with Gasteiger partial charge in [-0.3, -0.25) is 14.2 Å². The summed E-state index contributed by atoms with van der Waals surface area (Å²) in [5, 5.41) is 15.6. The highest BCUT2D eigenvalue weighted by molar-refractivity contribution is 7.20. The zero-order valence-electron chi connectivity index (χ0n) is 16.8. The van der Waals surface area contributed by atoms with Crippen LogP contribution in [-0.2, 0) is 13.0 Å². The van der Waals surface area contributed by atoms with Gasteiger partial charge in [-0.2, -0.15) is 4.98 Å². The Bertz CT molecular complexity index is 1500. The lowest BCUT2D eigenvalue weighted by Gasteiger charge is -2.03. The minimum Gasteiger partial charge on any atom is -0.458 e. The summed E-state index contributed by atoms with van der Waals surface area (Å²) in [7, 11) is 0. The number of aliphatic hydroxyl groups is 1. The highest BCUT2D eigenvalue weighted by Crippen LogP contribution is 2.27. The van der Waals surface area contributed by atoms with Gasteiger partial charge in [0, 0.05) is 11.8 Å². The molecule has 1 aromatic carbocycles. The third-order valence-electron chi connectivity index (χ3n) is 5.11. The first-order valence-electron chi connectivity index (χ1n) is 9.67. The predicted octanol–water partition coefficient (Wildman–Crippen LogP) is 2.32. The minimum absolute atomic E-state index is 0.00328. The molecule has 0 radical (unpaired) electrons. The first-order chi connectivity index (χ1) is 15.4. The van der Waals surface area contributed by atoms with Gasteiger partial charge in [-0.25, -0.2) is 4.98 Å². The normalized spacial score (nSPS) is 12.6. The van der Waals surface area contributed by atoms with Crippen molar-refractivity contribution in [1.29, 1.82) is 0 Å². The number of aromatic nitrogens is 4. The molecule has 0 bridgehead atoms. The number of hydrogen-bond donors (Lipinski definition) is 2. The molecule has 0 aliphatic rings. The zero-order chi connectivity index (χ0) is 22.4. The molecule has 0 saturated carbocycles. The second-order valence-electron chi connectivity index (χ2n) is 7.29. The Morgan fingerprint density at radius 3 is 2.94 bits per heavy atom. The van der Waals surface area contributed by atoms with Crippen LogP contribution in [-0.4, -0.2) is 30.7 Å². The predicted molar refractivity (Wildman–Crippen MR) is 115 cm³/mol. The minimum atomic E-state index is -0.950. The van der Waals surface area contributed by atoms with Gasteiger partial charge in [0.25, 0.3) is 11.5 Å². The van der Waals surface area contributed by atoms with Gasteiger partial charge < -0.3 is 19.8 Å². The molecule has 1 amide bonds. The second kappa shape index (κ2) is 7.70. The highest BCUT2D eigenvalue weighted by atomic mass is 32.1. The number of thiophene rings is 1. The number of carbonyl (C=O) groups excluding carboxylic acids is 1. The topological polar surface area (TPSA) is 150 Å². The van der Waals surface area contributed by atoms with Crippen LogP contribution < -0.4 is 11.3 Å². The van der Waals surface area contributed by atoms with Crippen LogP contribution in [0.1, 0.15) is 38.8 Å². The first-order valence-corrected chi connectivity index (χ1v) is 10.5. The molecule has 0 aliphatic heterocycles. The number of rotatable bonds is 6. The van der Waals surface area contributed by atoms with E-state index in [1.807, 2.05) is 24.3 Å². The average Bonchev–Trinajstić information content (AvgIpc) is 3.47. The van der Waals surface area contributed by atoms with Crippen molar-refractivity contribution in [2.45, 2.75) is 26.0 Å². The van der Waals surface area contributed by atoms with E-state index >= 15 is 0 Å². The lowest BCUT2D eigenvalue weighted by atomic mass is 10.2.